The van der Waals surface area contributed by atoms with E-state index in [1.807, 2.05) is 24.3 Å². The molecule has 0 saturated carbocycles. The number of rotatable bonds is 3. The molecule has 1 aliphatic rings. The fraction of sp³-hybridized carbons (Fsp3) is 0.200. The van der Waals surface area contributed by atoms with Crippen LogP contribution in [0.2, 0.25) is 5.15 Å². The van der Waals surface area contributed by atoms with Crippen molar-refractivity contribution in [2.75, 3.05) is 13.2 Å². The number of pyridine rings is 1. The summed E-state index contributed by atoms with van der Waals surface area (Å²) in [5.74, 6) is 1.11. The lowest BCUT2D eigenvalue weighted by atomic mass is 10.2. The monoisotopic (exact) mass is 304 g/mol. The first kappa shape index (κ1) is 13.7. The minimum absolute atomic E-state index is 0.233. The van der Waals surface area contributed by atoms with Gasteiger partial charge >= 0.3 is 0 Å². The molecule has 5 nitrogen and oxygen atoms in total. The summed E-state index contributed by atoms with van der Waals surface area (Å²) >= 11 is 5.76. The number of para-hydroxylation sites is 2. The van der Waals surface area contributed by atoms with Crippen LogP contribution < -0.4 is 14.8 Å². The maximum Gasteiger partial charge on any atom is 0.270 e. The van der Waals surface area contributed by atoms with Gasteiger partial charge in [-0.25, -0.2) is 4.98 Å². The molecular formula is C15H13ClN2O3. The van der Waals surface area contributed by atoms with E-state index in [2.05, 4.69) is 10.3 Å². The first-order valence-corrected chi connectivity index (χ1v) is 6.89. The number of ether oxygens (including phenoxy) is 2. The van der Waals surface area contributed by atoms with Crippen molar-refractivity contribution in [2.24, 2.45) is 0 Å². The second kappa shape index (κ2) is 6.01. The zero-order valence-electron chi connectivity index (χ0n) is 11.1. The molecule has 21 heavy (non-hydrogen) atoms. The smallest absolute Gasteiger partial charge is 0.270 e. The van der Waals surface area contributed by atoms with Crippen LogP contribution >= 0.6 is 11.6 Å². The number of fused-ring (bicyclic) bond motifs is 1. The Balaban J connectivity index is 1.58. The van der Waals surface area contributed by atoms with Gasteiger partial charge in [0.2, 0.25) is 0 Å². The maximum absolute atomic E-state index is 12.0. The van der Waals surface area contributed by atoms with Gasteiger partial charge in [-0.15, -0.1) is 0 Å². The van der Waals surface area contributed by atoms with Gasteiger partial charge in [0.15, 0.2) is 11.5 Å². The number of benzene rings is 1. The van der Waals surface area contributed by atoms with Gasteiger partial charge in [-0.05, 0) is 24.3 Å². The zero-order valence-corrected chi connectivity index (χ0v) is 11.8. The van der Waals surface area contributed by atoms with E-state index in [0.29, 0.717) is 18.9 Å². The van der Waals surface area contributed by atoms with Crippen molar-refractivity contribution in [1.82, 2.24) is 10.3 Å². The van der Waals surface area contributed by atoms with Crippen LogP contribution in [0.4, 0.5) is 0 Å². The Morgan fingerprint density at radius 2 is 2.05 bits per heavy atom. The zero-order chi connectivity index (χ0) is 14.7. The van der Waals surface area contributed by atoms with Crippen LogP contribution in [-0.2, 0) is 0 Å². The van der Waals surface area contributed by atoms with Gasteiger partial charge in [-0.3, -0.25) is 4.79 Å². The summed E-state index contributed by atoms with van der Waals surface area (Å²) in [6.07, 6.45) is -0.233. The van der Waals surface area contributed by atoms with Gasteiger partial charge in [-0.2, -0.15) is 0 Å². The van der Waals surface area contributed by atoms with E-state index in [0.717, 1.165) is 5.75 Å². The molecule has 0 saturated heterocycles. The summed E-state index contributed by atoms with van der Waals surface area (Å²) in [7, 11) is 0. The van der Waals surface area contributed by atoms with E-state index in [1.165, 1.54) is 0 Å². The van der Waals surface area contributed by atoms with Crippen LogP contribution in [0.3, 0.4) is 0 Å². The van der Waals surface area contributed by atoms with E-state index in [-0.39, 0.29) is 22.9 Å². The third kappa shape index (κ3) is 3.25. The summed E-state index contributed by atoms with van der Waals surface area (Å²) in [5, 5.41) is 3.05. The average Bonchev–Trinajstić information content (AvgIpc) is 2.52. The van der Waals surface area contributed by atoms with Crippen molar-refractivity contribution >= 4 is 17.5 Å². The second-order valence-corrected chi connectivity index (χ2v) is 4.94. The number of hydrogen-bond acceptors (Lipinski definition) is 4. The average molecular weight is 305 g/mol. The normalized spacial score (nSPS) is 16.3. The molecule has 0 spiro atoms. The molecule has 108 valence electrons. The number of nitrogens with zero attached hydrogens (tertiary/aromatic N) is 1. The van der Waals surface area contributed by atoms with E-state index < -0.39 is 0 Å². The molecule has 1 N–H and O–H groups in total. The Labute approximate surface area is 126 Å². The molecule has 0 radical (unpaired) electrons. The van der Waals surface area contributed by atoms with Gasteiger partial charge in [0, 0.05) is 0 Å². The third-order valence-electron chi connectivity index (χ3n) is 3.01. The summed E-state index contributed by atoms with van der Waals surface area (Å²) in [5.41, 5.74) is 0.277. The Morgan fingerprint density at radius 1 is 1.24 bits per heavy atom. The minimum Gasteiger partial charge on any atom is -0.486 e. The van der Waals surface area contributed by atoms with Crippen LogP contribution in [0.15, 0.2) is 42.5 Å². The molecule has 2 heterocycles. The van der Waals surface area contributed by atoms with Crippen LogP contribution in [0.25, 0.3) is 0 Å². The molecule has 6 heteroatoms. The lowest BCUT2D eigenvalue weighted by Crippen LogP contribution is -2.40. The number of aromatic nitrogens is 1. The first-order valence-electron chi connectivity index (χ1n) is 6.51. The lowest BCUT2D eigenvalue weighted by molar-refractivity contribution is 0.0786. The Kier molecular flexibility index (Phi) is 3.92. The summed E-state index contributed by atoms with van der Waals surface area (Å²) in [4.78, 5) is 15.9. The molecule has 0 fully saturated rings. The fourth-order valence-corrected chi connectivity index (χ4v) is 2.16. The minimum atomic E-state index is -0.292. The molecule has 1 aromatic heterocycles. The van der Waals surface area contributed by atoms with Gasteiger partial charge in [0.1, 0.15) is 23.6 Å². The molecule has 1 aliphatic heterocycles. The summed E-state index contributed by atoms with van der Waals surface area (Å²) < 4.78 is 11.3. The molecule has 0 aliphatic carbocycles. The summed E-state index contributed by atoms with van der Waals surface area (Å²) in [6, 6.07) is 12.3. The van der Waals surface area contributed by atoms with Crippen molar-refractivity contribution in [1.29, 1.82) is 0 Å². The highest BCUT2D eigenvalue weighted by molar-refractivity contribution is 6.29. The molecule has 2 aromatic rings. The van der Waals surface area contributed by atoms with Crippen molar-refractivity contribution in [3.05, 3.63) is 53.3 Å². The van der Waals surface area contributed by atoms with Crippen LogP contribution in [-0.4, -0.2) is 30.1 Å². The standard InChI is InChI=1S/C15H13ClN2O3/c16-14-7-3-4-11(18-14)15(19)17-8-10-9-20-12-5-1-2-6-13(12)21-10/h1-7,10H,8-9H2,(H,17,19). The van der Waals surface area contributed by atoms with E-state index in [1.54, 1.807) is 18.2 Å². The number of amides is 1. The maximum atomic E-state index is 12.0. The molecule has 1 unspecified atom stereocenters. The first-order chi connectivity index (χ1) is 10.2. The quantitative estimate of drug-likeness (QED) is 0.884. The number of carbonyl (C=O) groups excluding carboxylic acids is 1. The van der Waals surface area contributed by atoms with E-state index >= 15 is 0 Å². The Bertz CT molecular complexity index is 663. The molecule has 1 amide bonds. The fourth-order valence-electron chi connectivity index (χ4n) is 2.00. The molecule has 3 rings (SSSR count). The molecular weight excluding hydrogens is 292 g/mol. The predicted octanol–water partition coefficient (Wildman–Crippen LogP) is 2.30. The van der Waals surface area contributed by atoms with Crippen LogP contribution in [0.1, 0.15) is 10.5 Å². The van der Waals surface area contributed by atoms with Crippen molar-refractivity contribution in [2.45, 2.75) is 6.10 Å². The highest BCUT2D eigenvalue weighted by Gasteiger charge is 2.21. The number of carbonyl (C=O) groups is 1. The highest BCUT2D eigenvalue weighted by atomic mass is 35.5. The Morgan fingerprint density at radius 3 is 2.86 bits per heavy atom. The number of halogens is 1. The van der Waals surface area contributed by atoms with Crippen molar-refractivity contribution < 1.29 is 14.3 Å². The second-order valence-electron chi connectivity index (χ2n) is 4.55. The van der Waals surface area contributed by atoms with Gasteiger partial charge in [0.05, 0.1) is 6.54 Å². The third-order valence-corrected chi connectivity index (χ3v) is 3.22. The SMILES string of the molecule is O=C(NCC1COc2ccccc2O1)c1cccc(Cl)n1. The van der Waals surface area contributed by atoms with Gasteiger partial charge in [-0.1, -0.05) is 29.8 Å². The predicted molar refractivity (Wildman–Crippen MR) is 77.9 cm³/mol. The van der Waals surface area contributed by atoms with E-state index in [4.69, 9.17) is 21.1 Å². The van der Waals surface area contributed by atoms with Crippen LogP contribution in [0.5, 0.6) is 11.5 Å². The van der Waals surface area contributed by atoms with Gasteiger partial charge in [0.25, 0.3) is 5.91 Å². The largest absolute Gasteiger partial charge is 0.486 e. The molecule has 0 bridgehead atoms. The lowest BCUT2D eigenvalue weighted by Gasteiger charge is -2.26. The number of nitrogens with one attached hydrogen (secondary N) is 1. The topological polar surface area (TPSA) is 60.5 Å². The molecule has 1 atom stereocenters. The van der Waals surface area contributed by atoms with Gasteiger partial charge < -0.3 is 14.8 Å². The highest BCUT2D eigenvalue weighted by Crippen LogP contribution is 2.30. The molecule has 1 aromatic carbocycles. The van der Waals surface area contributed by atoms with Crippen molar-refractivity contribution in [3.63, 3.8) is 0 Å². The number of hydrogen-bond donors (Lipinski definition) is 1. The summed E-state index contributed by atoms with van der Waals surface area (Å²) in [6.45, 7) is 0.724. The van der Waals surface area contributed by atoms with E-state index in [9.17, 15) is 4.79 Å². The van der Waals surface area contributed by atoms with Crippen LogP contribution in [0, 0.1) is 0 Å². The Hall–Kier alpha value is -2.27. The van der Waals surface area contributed by atoms with Crippen molar-refractivity contribution in [3.8, 4) is 11.5 Å².